The van der Waals surface area contributed by atoms with E-state index in [1.807, 2.05) is 4.83 Å². The van der Waals surface area contributed by atoms with Crippen LogP contribution in [-0.2, 0) is 10.0 Å². The lowest BCUT2D eigenvalue weighted by Gasteiger charge is -2.06. The third-order valence-corrected chi connectivity index (χ3v) is 4.67. The third-order valence-electron chi connectivity index (χ3n) is 3.45. The van der Waals surface area contributed by atoms with E-state index in [9.17, 15) is 18.5 Å². The smallest absolute Gasteiger partial charge is 0.276 e. The van der Waals surface area contributed by atoms with Gasteiger partial charge in [-0.25, -0.2) is 4.83 Å². The lowest BCUT2D eigenvalue weighted by atomic mass is 10.2. The average molecular weight is 379 g/mol. The van der Waals surface area contributed by atoms with Gasteiger partial charge in [0.15, 0.2) is 0 Å². The van der Waals surface area contributed by atoms with Crippen LogP contribution in [0, 0.1) is 17.0 Å². The number of rotatable bonds is 7. The van der Waals surface area contributed by atoms with Crippen LogP contribution in [0.5, 0.6) is 11.5 Å². The predicted molar refractivity (Wildman–Crippen MR) is 95.3 cm³/mol. The van der Waals surface area contributed by atoms with Crippen molar-refractivity contribution in [2.24, 2.45) is 5.10 Å². The van der Waals surface area contributed by atoms with Gasteiger partial charge in [-0.15, -0.1) is 0 Å². The Kier molecular flexibility index (Phi) is 5.78. The van der Waals surface area contributed by atoms with Crippen LogP contribution < -0.4 is 14.3 Å². The zero-order chi connectivity index (χ0) is 19.3. The molecule has 0 aliphatic carbocycles. The number of benzene rings is 2. The predicted octanol–water partition coefficient (Wildman–Crippen LogP) is 2.23. The molecule has 0 saturated carbocycles. The van der Waals surface area contributed by atoms with Crippen molar-refractivity contribution in [2.45, 2.75) is 11.8 Å². The molecule has 2 rings (SSSR count). The summed E-state index contributed by atoms with van der Waals surface area (Å²) in [6.07, 6.45) is 1.27. The molecule has 1 N–H and O–H groups in total. The van der Waals surface area contributed by atoms with Gasteiger partial charge in [-0.2, -0.15) is 13.5 Å². The SMILES string of the molecule is COc1cc(/C=N/NS(=O)(=O)c2ccc(C)c([N+](=O)[O-])c2)cc(OC)c1. The van der Waals surface area contributed by atoms with Gasteiger partial charge in [0.05, 0.1) is 30.3 Å². The molecule has 0 aromatic heterocycles. The number of aryl methyl sites for hydroxylation is 1. The van der Waals surface area contributed by atoms with Crippen LogP contribution >= 0.6 is 0 Å². The minimum atomic E-state index is -4.05. The second-order valence-electron chi connectivity index (χ2n) is 5.20. The number of nitrogens with zero attached hydrogens (tertiary/aromatic N) is 2. The molecule has 10 heteroatoms. The average Bonchev–Trinajstić information content (AvgIpc) is 2.61. The Morgan fingerprint density at radius 2 is 1.73 bits per heavy atom. The molecule has 0 spiro atoms. The van der Waals surface area contributed by atoms with Crippen molar-refractivity contribution in [3.8, 4) is 11.5 Å². The van der Waals surface area contributed by atoms with Crippen LogP contribution in [0.25, 0.3) is 0 Å². The van der Waals surface area contributed by atoms with E-state index in [0.717, 1.165) is 6.07 Å². The highest BCUT2D eigenvalue weighted by atomic mass is 32.2. The zero-order valence-electron chi connectivity index (χ0n) is 14.3. The molecule has 0 saturated heterocycles. The molecule has 138 valence electrons. The highest BCUT2D eigenvalue weighted by molar-refractivity contribution is 7.89. The van der Waals surface area contributed by atoms with Crippen molar-refractivity contribution in [1.82, 2.24) is 4.83 Å². The molecule has 9 nitrogen and oxygen atoms in total. The van der Waals surface area contributed by atoms with E-state index in [1.165, 1.54) is 39.5 Å². The largest absolute Gasteiger partial charge is 0.497 e. The Morgan fingerprint density at radius 3 is 2.27 bits per heavy atom. The molecular formula is C16H17N3O6S. The van der Waals surface area contributed by atoms with E-state index in [2.05, 4.69) is 5.10 Å². The minimum Gasteiger partial charge on any atom is -0.497 e. The van der Waals surface area contributed by atoms with Crippen molar-refractivity contribution in [1.29, 1.82) is 0 Å². The molecule has 2 aromatic carbocycles. The van der Waals surface area contributed by atoms with Gasteiger partial charge in [0, 0.05) is 23.3 Å². The van der Waals surface area contributed by atoms with E-state index >= 15 is 0 Å². The Hall–Kier alpha value is -3.14. The third kappa shape index (κ3) is 4.48. The summed E-state index contributed by atoms with van der Waals surface area (Å²) in [6.45, 7) is 1.52. The lowest BCUT2D eigenvalue weighted by molar-refractivity contribution is -0.385. The number of methoxy groups -OCH3 is 2. The fraction of sp³-hybridized carbons (Fsp3) is 0.188. The maximum atomic E-state index is 12.3. The molecule has 0 aliphatic heterocycles. The molecule has 0 heterocycles. The van der Waals surface area contributed by atoms with Gasteiger partial charge in [-0.3, -0.25) is 10.1 Å². The number of hydrogen-bond donors (Lipinski definition) is 1. The summed E-state index contributed by atoms with van der Waals surface area (Å²) in [5.41, 5.74) is 0.620. The molecule has 0 aliphatic rings. The molecule has 0 unspecified atom stereocenters. The van der Waals surface area contributed by atoms with E-state index < -0.39 is 14.9 Å². The van der Waals surface area contributed by atoms with E-state index in [4.69, 9.17) is 9.47 Å². The Balaban J connectivity index is 2.24. The van der Waals surface area contributed by atoms with Gasteiger partial charge < -0.3 is 9.47 Å². The lowest BCUT2D eigenvalue weighted by Crippen LogP contribution is -2.18. The highest BCUT2D eigenvalue weighted by Gasteiger charge is 2.19. The van der Waals surface area contributed by atoms with Crippen LogP contribution in [0.4, 0.5) is 5.69 Å². The van der Waals surface area contributed by atoms with Gasteiger partial charge in [0.25, 0.3) is 15.7 Å². The number of hydrogen-bond acceptors (Lipinski definition) is 7. The quantitative estimate of drug-likeness (QED) is 0.447. The van der Waals surface area contributed by atoms with Crippen LogP contribution in [0.1, 0.15) is 11.1 Å². The first-order valence-electron chi connectivity index (χ1n) is 7.30. The number of nitro benzene ring substituents is 1. The molecule has 0 atom stereocenters. The van der Waals surface area contributed by atoms with Crippen molar-refractivity contribution < 1.29 is 22.8 Å². The molecular weight excluding hydrogens is 362 g/mol. The standard InChI is InChI=1S/C16H17N3O6S/c1-11-4-5-15(9-16(11)19(20)21)26(22,23)18-17-10-12-6-13(24-2)8-14(7-12)25-3/h4-10,18H,1-3H3/b17-10+. The summed E-state index contributed by atoms with van der Waals surface area (Å²) in [5, 5.41) is 14.7. The van der Waals surface area contributed by atoms with Crippen LogP contribution in [0.2, 0.25) is 0 Å². The second-order valence-corrected chi connectivity index (χ2v) is 6.87. The molecule has 0 fully saturated rings. The van der Waals surface area contributed by atoms with Gasteiger partial charge >= 0.3 is 0 Å². The molecule has 0 amide bonds. The summed E-state index contributed by atoms with van der Waals surface area (Å²) in [6, 6.07) is 8.56. The van der Waals surface area contributed by atoms with E-state index in [-0.39, 0.29) is 10.6 Å². The molecule has 2 aromatic rings. The normalized spacial score (nSPS) is 11.3. The van der Waals surface area contributed by atoms with Crippen molar-refractivity contribution in [3.05, 3.63) is 57.6 Å². The van der Waals surface area contributed by atoms with E-state index in [0.29, 0.717) is 22.6 Å². The fourth-order valence-corrected chi connectivity index (χ4v) is 2.89. The summed E-state index contributed by atoms with van der Waals surface area (Å²) in [4.78, 5) is 12.1. The first-order valence-corrected chi connectivity index (χ1v) is 8.78. The fourth-order valence-electron chi connectivity index (χ4n) is 2.08. The van der Waals surface area contributed by atoms with E-state index in [1.54, 1.807) is 18.2 Å². The number of hydrazone groups is 1. The molecule has 0 bridgehead atoms. The van der Waals surface area contributed by atoms with Crippen molar-refractivity contribution >= 4 is 21.9 Å². The van der Waals surface area contributed by atoms with Gasteiger partial charge in [-0.05, 0) is 25.1 Å². The molecule has 26 heavy (non-hydrogen) atoms. The molecule has 0 radical (unpaired) electrons. The van der Waals surface area contributed by atoms with Crippen LogP contribution in [0.3, 0.4) is 0 Å². The number of ether oxygens (including phenoxy) is 2. The Labute approximate surface area is 150 Å². The summed E-state index contributed by atoms with van der Waals surface area (Å²) >= 11 is 0. The van der Waals surface area contributed by atoms with Crippen molar-refractivity contribution in [2.75, 3.05) is 14.2 Å². The monoisotopic (exact) mass is 379 g/mol. The van der Waals surface area contributed by atoms with Gasteiger partial charge in [-0.1, -0.05) is 6.07 Å². The van der Waals surface area contributed by atoms with Crippen LogP contribution in [0.15, 0.2) is 46.4 Å². The number of nitrogens with one attached hydrogen (secondary N) is 1. The summed E-state index contributed by atoms with van der Waals surface area (Å²) in [5.74, 6) is 1.03. The number of nitro groups is 1. The second kappa shape index (κ2) is 7.83. The Bertz CT molecular complexity index is 934. The highest BCUT2D eigenvalue weighted by Crippen LogP contribution is 2.23. The van der Waals surface area contributed by atoms with Crippen LogP contribution in [-0.4, -0.2) is 33.8 Å². The Morgan fingerprint density at radius 1 is 1.12 bits per heavy atom. The van der Waals surface area contributed by atoms with Crippen molar-refractivity contribution in [3.63, 3.8) is 0 Å². The maximum absolute atomic E-state index is 12.3. The zero-order valence-corrected chi connectivity index (χ0v) is 15.1. The minimum absolute atomic E-state index is 0.254. The first kappa shape index (κ1) is 19.2. The summed E-state index contributed by atoms with van der Waals surface area (Å²) in [7, 11) is -1.07. The van der Waals surface area contributed by atoms with Gasteiger partial charge in [0.2, 0.25) is 0 Å². The topological polar surface area (TPSA) is 120 Å². The summed E-state index contributed by atoms with van der Waals surface area (Å²) < 4.78 is 34.7. The first-order chi connectivity index (χ1) is 12.3. The van der Waals surface area contributed by atoms with Gasteiger partial charge in [0.1, 0.15) is 11.5 Å². The maximum Gasteiger partial charge on any atom is 0.276 e. The number of sulfonamides is 1.